The molecule has 0 spiro atoms. The van der Waals surface area contributed by atoms with Gasteiger partial charge in [-0.05, 0) is 31.5 Å². The van der Waals surface area contributed by atoms with Crippen molar-refractivity contribution in [3.05, 3.63) is 29.8 Å². The number of urea groups is 1. The Morgan fingerprint density at radius 3 is 2.65 bits per heavy atom. The lowest BCUT2D eigenvalue weighted by atomic mass is 9.85. The molecule has 0 heterocycles. The van der Waals surface area contributed by atoms with Crippen LogP contribution in [0.25, 0.3) is 0 Å². The minimum Gasteiger partial charge on any atom is -0.480 e. The predicted octanol–water partition coefficient (Wildman–Crippen LogP) is 2.02. The Hall–Kier alpha value is -2.22. The van der Waals surface area contributed by atoms with Crippen molar-refractivity contribution in [1.29, 1.82) is 0 Å². The largest absolute Gasteiger partial charge is 0.480 e. The smallest absolute Gasteiger partial charge is 0.319 e. The Labute approximate surface area is 132 Å². The molecule has 0 saturated heterocycles. The Morgan fingerprint density at radius 1 is 1.35 bits per heavy atom. The first kappa shape index (κ1) is 17.1. The van der Waals surface area contributed by atoms with Crippen molar-refractivity contribution in [2.24, 2.45) is 0 Å². The van der Waals surface area contributed by atoms with Gasteiger partial charge in [0.1, 0.15) is 0 Å². The molecule has 0 aromatic heterocycles. The molecule has 23 heavy (non-hydrogen) atoms. The van der Waals surface area contributed by atoms with Crippen LogP contribution in [0.4, 0.5) is 19.3 Å². The van der Waals surface area contributed by atoms with Gasteiger partial charge in [-0.3, -0.25) is 9.69 Å². The number of nitrogens with one attached hydrogen (secondary N) is 2. The summed E-state index contributed by atoms with van der Waals surface area (Å²) in [6, 6.07) is 2.92. The molecule has 8 heteroatoms. The maximum Gasteiger partial charge on any atom is 0.319 e. The van der Waals surface area contributed by atoms with Crippen LogP contribution in [0.1, 0.15) is 19.8 Å². The van der Waals surface area contributed by atoms with E-state index in [9.17, 15) is 18.4 Å². The summed E-state index contributed by atoms with van der Waals surface area (Å²) in [5.74, 6) is -3.02. The molecular formula is C15H19F2N3O3. The average molecular weight is 327 g/mol. The molecule has 6 nitrogen and oxygen atoms in total. The van der Waals surface area contributed by atoms with E-state index in [-0.39, 0.29) is 24.3 Å². The Balaban J connectivity index is 1.80. The van der Waals surface area contributed by atoms with Crippen LogP contribution in [0.5, 0.6) is 0 Å². The SMILES string of the molecule is CCN(CC(=O)O)C1CC(NC(=O)Nc2cccc(F)c2F)C1. The van der Waals surface area contributed by atoms with Crippen molar-refractivity contribution < 1.29 is 23.5 Å². The molecule has 2 amide bonds. The van der Waals surface area contributed by atoms with Crippen molar-refractivity contribution in [3.8, 4) is 0 Å². The van der Waals surface area contributed by atoms with E-state index in [1.165, 1.54) is 12.1 Å². The molecule has 0 bridgehead atoms. The molecule has 1 fully saturated rings. The Morgan fingerprint density at radius 2 is 2.04 bits per heavy atom. The van der Waals surface area contributed by atoms with Gasteiger partial charge in [-0.1, -0.05) is 13.0 Å². The molecule has 0 aliphatic heterocycles. The minimum absolute atomic E-state index is 0.0331. The summed E-state index contributed by atoms with van der Waals surface area (Å²) in [5, 5.41) is 13.7. The highest BCUT2D eigenvalue weighted by atomic mass is 19.2. The van der Waals surface area contributed by atoms with Gasteiger partial charge in [0.05, 0.1) is 12.2 Å². The second-order valence-corrected chi connectivity index (χ2v) is 5.48. The van der Waals surface area contributed by atoms with Crippen LogP contribution in [0.15, 0.2) is 18.2 Å². The number of carbonyl (C=O) groups excluding carboxylic acids is 1. The van der Waals surface area contributed by atoms with Gasteiger partial charge >= 0.3 is 12.0 Å². The third kappa shape index (κ3) is 4.38. The third-order valence-electron chi connectivity index (χ3n) is 3.91. The molecule has 1 aliphatic carbocycles. The minimum atomic E-state index is -1.10. The Bertz CT molecular complexity index is 591. The van der Waals surface area contributed by atoms with Gasteiger partial charge in [-0.2, -0.15) is 0 Å². The summed E-state index contributed by atoms with van der Waals surface area (Å²) in [4.78, 5) is 24.4. The van der Waals surface area contributed by atoms with E-state index in [4.69, 9.17) is 5.11 Å². The van der Waals surface area contributed by atoms with Crippen LogP contribution in [0.2, 0.25) is 0 Å². The number of rotatable bonds is 6. The lowest BCUT2D eigenvalue weighted by molar-refractivity contribution is -0.139. The van der Waals surface area contributed by atoms with E-state index >= 15 is 0 Å². The number of likely N-dealkylation sites (N-methyl/N-ethyl adjacent to an activating group) is 1. The lowest BCUT2D eigenvalue weighted by Crippen LogP contribution is -2.55. The monoisotopic (exact) mass is 327 g/mol. The number of carboxylic acids is 1. The second kappa shape index (κ2) is 7.36. The van der Waals surface area contributed by atoms with Gasteiger partial charge in [-0.25, -0.2) is 13.6 Å². The molecule has 1 aromatic rings. The van der Waals surface area contributed by atoms with Crippen molar-refractivity contribution in [3.63, 3.8) is 0 Å². The number of halogens is 2. The van der Waals surface area contributed by atoms with Crippen molar-refractivity contribution in [2.75, 3.05) is 18.4 Å². The molecule has 2 rings (SSSR count). The molecule has 1 aromatic carbocycles. The molecule has 1 saturated carbocycles. The summed E-state index contributed by atoms with van der Waals surface area (Å²) in [6.45, 7) is 2.46. The normalized spacial score (nSPS) is 20.0. The highest BCUT2D eigenvalue weighted by Crippen LogP contribution is 2.25. The fourth-order valence-electron chi connectivity index (χ4n) is 2.62. The fraction of sp³-hybridized carbons (Fsp3) is 0.467. The highest BCUT2D eigenvalue weighted by Gasteiger charge is 2.34. The topological polar surface area (TPSA) is 81.7 Å². The van der Waals surface area contributed by atoms with Crippen LogP contribution in [-0.4, -0.2) is 47.2 Å². The summed E-state index contributed by atoms with van der Waals surface area (Å²) in [7, 11) is 0. The number of aliphatic carboxylic acids is 1. The summed E-state index contributed by atoms with van der Waals surface area (Å²) in [5.41, 5.74) is -0.223. The molecular weight excluding hydrogens is 308 g/mol. The van der Waals surface area contributed by atoms with Crippen molar-refractivity contribution in [2.45, 2.75) is 31.8 Å². The number of hydrogen-bond acceptors (Lipinski definition) is 3. The molecule has 0 radical (unpaired) electrons. The Kier molecular flexibility index (Phi) is 5.49. The van der Waals surface area contributed by atoms with E-state index in [1.807, 2.05) is 11.8 Å². The van der Waals surface area contributed by atoms with Crippen molar-refractivity contribution >= 4 is 17.7 Å². The summed E-state index contributed by atoms with van der Waals surface area (Å²) >= 11 is 0. The number of amides is 2. The molecule has 0 unspecified atom stereocenters. The quantitative estimate of drug-likeness (QED) is 0.747. The highest BCUT2D eigenvalue weighted by molar-refractivity contribution is 5.89. The number of carbonyl (C=O) groups is 2. The first-order valence-corrected chi connectivity index (χ1v) is 7.38. The maximum atomic E-state index is 13.5. The lowest BCUT2D eigenvalue weighted by Gasteiger charge is -2.42. The third-order valence-corrected chi connectivity index (χ3v) is 3.91. The first-order chi connectivity index (χ1) is 10.9. The zero-order valence-electron chi connectivity index (χ0n) is 12.7. The van der Waals surface area contributed by atoms with Gasteiger partial charge in [0.15, 0.2) is 11.6 Å². The fourth-order valence-corrected chi connectivity index (χ4v) is 2.62. The summed E-state index contributed by atoms with van der Waals surface area (Å²) in [6.07, 6.45) is 1.25. The van der Waals surface area contributed by atoms with E-state index in [0.717, 1.165) is 6.07 Å². The average Bonchev–Trinajstić information content (AvgIpc) is 2.45. The van der Waals surface area contributed by atoms with E-state index in [2.05, 4.69) is 10.6 Å². The van der Waals surface area contributed by atoms with E-state index in [1.54, 1.807) is 0 Å². The zero-order chi connectivity index (χ0) is 17.0. The standard InChI is InChI=1S/C15H19F2N3O3/c1-2-20(8-13(21)22)10-6-9(7-10)18-15(23)19-12-5-3-4-11(16)14(12)17/h3-5,9-10H,2,6-8H2,1H3,(H,21,22)(H2,18,19,23). The molecule has 1 aliphatic rings. The number of anilines is 1. The van der Waals surface area contributed by atoms with Crippen LogP contribution >= 0.6 is 0 Å². The molecule has 3 N–H and O–H groups in total. The summed E-state index contributed by atoms with van der Waals surface area (Å²) < 4.78 is 26.5. The van der Waals surface area contributed by atoms with Gasteiger partial charge in [-0.15, -0.1) is 0 Å². The molecule has 0 atom stereocenters. The number of hydrogen-bond donors (Lipinski definition) is 3. The van der Waals surface area contributed by atoms with Gasteiger partial charge in [0.25, 0.3) is 0 Å². The van der Waals surface area contributed by atoms with Crippen LogP contribution in [0, 0.1) is 11.6 Å². The van der Waals surface area contributed by atoms with Gasteiger partial charge in [0, 0.05) is 12.1 Å². The first-order valence-electron chi connectivity index (χ1n) is 7.38. The van der Waals surface area contributed by atoms with Crippen LogP contribution in [-0.2, 0) is 4.79 Å². The van der Waals surface area contributed by atoms with Gasteiger partial charge in [0.2, 0.25) is 0 Å². The van der Waals surface area contributed by atoms with Crippen LogP contribution < -0.4 is 10.6 Å². The van der Waals surface area contributed by atoms with E-state index in [0.29, 0.717) is 19.4 Å². The van der Waals surface area contributed by atoms with Crippen molar-refractivity contribution in [1.82, 2.24) is 10.2 Å². The number of benzene rings is 1. The van der Waals surface area contributed by atoms with E-state index < -0.39 is 23.6 Å². The maximum absolute atomic E-state index is 13.5. The molecule has 126 valence electrons. The zero-order valence-corrected chi connectivity index (χ0v) is 12.7. The number of carboxylic acid groups (broad SMARTS) is 1. The second-order valence-electron chi connectivity index (χ2n) is 5.48. The van der Waals surface area contributed by atoms with Gasteiger partial charge < -0.3 is 15.7 Å². The number of nitrogens with zero attached hydrogens (tertiary/aromatic N) is 1. The van der Waals surface area contributed by atoms with Crippen LogP contribution in [0.3, 0.4) is 0 Å². The predicted molar refractivity (Wildman–Crippen MR) is 80.2 cm³/mol.